The van der Waals surface area contributed by atoms with Crippen molar-refractivity contribution in [1.82, 2.24) is 4.98 Å². The van der Waals surface area contributed by atoms with Gasteiger partial charge < -0.3 is 10.1 Å². The number of hydrogen-bond donors (Lipinski definition) is 1. The monoisotopic (exact) mass is 242 g/mol. The second-order valence-corrected chi connectivity index (χ2v) is 5.29. The Morgan fingerprint density at radius 2 is 2.11 bits per heavy atom. The first-order chi connectivity index (χ1) is 8.70. The van der Waals surface area contributed by atoms with E-state index in [1.165, 1.54) is 24.6 Å². The summed E-state index contributed by atoms with van der Waals surface area (Å²) in [4.78, 5) is 4.48. The number of pyridine rings is 1. The third kappa shape index (κ3) is 1.90. The van der Waals surface area contributed by atoms with Crippen LogP contribution in [0.1, 0.15) is 26.2 Å². The van der Waals surface area contributed by atoms with Gasteiger partial charge in [0.25, 0.3) is 0 Å². The number of hydrogen-bond acceptors (Lipinski definition) is 3. The summed E-state index contributed by atoms with van der Waals surface area (Å²) in [6, 6.07) is 8.14. The quantitative estimate of drug-likeness (QED) is 0.893. The van der Waals surface area contributed by atoms with E-state index in [9.17, 15) is 0 Å². The molecule has 1 saturated carbocycles. The molecule has 1 aromatic carbocycles. The molecule has 0 bridgehead atoms. The Hall–Kier alpha value is -1.77. The molecule has 1 aromatic heterocycles. The molecule has 3 heteroatoms. The normalized spacial score (nSPS) is 17.2. The van der Waals surface area contributed by atoms with Crippen molar-refractivity contribution in [2.45, 2.75) is 31.7 Å². The number of ether oxygens (including phenoxy) is 1. The lowest BCUT2D eigenvalue weighted by molar-refractivity contribution is 0.306. The molecule has 1 aliphatic rings. The highest BCUT2D eigenvalue weighted by atomic mass is 16.5. The summed E-state index contributed by atoms with van der Waals surface area (Å²) < 4.78 is 5.29. The third-order valence-corrected chi connectivity index (χ3v) is 3.85. The summed E-state index contributed by atoms with van der Waals surface area (Å²) in [5, 5.41) is 5.90. The first kappa shape index (κ1) is 11.3. The zero-order valence-electron chi connectivity index (χ0n) is 10.9. The minimum atomic E-state index is 0.213. The van der Waals surface area contributed by atoms with Crippen LogP contribution in [-0.2, 0) is 0 Å². The zero-order valence-corrected chi connectivity index (χ0v) is 10.9. The Bertz CT molecular complexity index is 576. The van der Waals surface area contributed by atoms with E-state index < -0.39 is 0 Å². The van der Waals surface area contributed by atoms with Crippen molar-refractivity contribution in [2.75, 3.05) is 12.4 Å². The van der Waals surface area contributed by atoms with Gasteiger partial charge in [-0.3, -0.25) is 0 Å². The largest absolute Gasteiger partial charge is 0.497 e. The van der Waals surface area contributed by atoms with Crippen LogP contribution in [0.15, 0.2) is 30.5 Å². The van der Waals surface area contributed by atoms with Crippen molar-refractivity contribution < 1.29 is 4.74 Å². The molecular weight excluding hydrogens is 224 g/mol. The van der Waals surface area contributed by atoms with E-state index in [1.807, 2.05) is 24.4 Å². The van der Waals surface area contributed by atoms with Crippen LogP contribution in [0.3, 0.4) is 0 Å². The first-order valence-electron chi connectivity index (χ1n) is 6.41. The second-order valence-electron chi connectivity index (χ2n) is 5.29. The Morgan fingerprint density at radius 1 is 1.28 bits per heavy atom. The summed E-state index contributed by atoms with van der Waals surface area (Å²) in [6.45, 7) is 2.26. The van der Waals surface area contributed by atoms with Gasteiger partial charge in [0.2, 0.25) is 0 Å². The van der Waals surface area contributed by atoms with Crippen LogP contribution < -0.4 is 10.1 Å². The Morgan fingerprint density at radius 3 is 2.78 bits per heavy atom. The van der Waals surface area contributed by atoms with Gasteiger partial charge in [-0.15, -0.1) is 0 Å². The van der Waals surface area contributed by atoms with Gasteiger partial charge in [0, 0.05) is 17.1 Å². The summed E-state index contributed by atoms with van der Waals surface area (Å²) in [7, 11) is 1.69. The molecule has 1 aliphatic carbocycles. The standard InChI is InChI=1S/C15H18N2O/c1-15(7-3-8-15)17-14-13-10-12(18-2)5-4-11(13)6-9-16-14/h4-6,9-10H,3,7-8H2,1-2H3,(H,16,17). The van der Waals surface area contributed by atoms with Crippen molar-refractivity contribution in [3.05, 3.63) is 30.5 Å². The van der Waals surface area contributed by atoms with Crippen LogP contribution in [0, 0.1) is 0 Å². The third-order valence-electron chi connectivity index (χ3n) is 3.85. The molecule has 0 atom stereocenters. The molecule has 3 nitrogen and oxygen atoms in total. The van der Waals surface area contributed by atoms with E-state index in [0.29, 0.717) is 0 Å². The summed E-state index contributed by atoms with van der Waals surface area (Å²) in [6.07, 6.45) is 5.60. The van der Waals surface area contributed by atoms with Crippen molar-refractivity contribution >= 4 is 16.6 Å². The molecule has 0 saturated heterocycles. The lowest BCUT2D eigenvalue weighted by atomic mass is 9.78. The summed E-state index contributed by atoms with van der Waals surface area (Å²) >= 11 is 0. The van der Waals surface area contributed by atoms with Gasteiger partial charge in [-0.05, 0) is 49.8 Å². The van der Waals surface area contributed by atoms with Gasteiger partial charge in [-0.1, -0.05) is 6.07 Å². The van der Waals surface area contributed by atoms with E-state index in [2.05, 4.69) is 23.3 Å². The van der Waals surface area contributed by atoms with E-state index >= 15 is 0 Å². The fraction of sp³-hybridized carbons (Fsp3) is 0.400. The molecule has 94 valence electrons. The number of benzene rings is 1. The van der Waals surface area contributed by atoms with Gasteiger partial charge in [0.15, 0.2) is 0 Å². The average molecular weight is 242 g/mol. The number of nitrogens with zero attached hydrogens (tertiary/aromatic N) is 1. The highest BCUT2D eigenvalue weighted by Crippen LogP contribution is 2.36. The molecule has 1 fully saturated rings. The van der Waals surface area contributed by atoms with Gasteiger partial charge in [-0.25, -0.2) is 4.98 Å². The molecule has 0 amide bonds. The molecule has 18 heavy (non-hydrogen) atoms. The molecule has 2 aromatic rings. The van der Waals surface area contributed by atoms with Crippen LogP contribution in [0.5, 0.6) is 5.75 Å². The molecule has 1 heterocycles. The van der Waals surface area contributed by atoms with Gasteiger partial charge in [0.1, 0.15) is 11.6 Å². The molecule has 3 rings (SSSR count). The summed E-state index contributed by atoms with van der Waals surface area (Å²) in [5.41, 5.74) is 0.213. The van der Waals surface area contributed by atoms with Crippen LogP contribution in [0.2, 0.25) is 0 Å². The average Bonchev–Trinajstić information content (AvgIpc) is 2.37. The smallest absolute Gasteiger partial charge is 0.134 e. The van der Waals surface area contributed by atoms with E-state index in [-0.39, 0.29) is 5.54 Å². The maximum Gasteiger partial charge on any atom is 0.134 e. The lowest BCUT2D eigenvalue weighted by Crippen LogP contribution is -2.41. The molecule has 1 N–H and O–H groups in total. The number of rotatable bonds is 3. The number of nitrogens with one attached hydrogen (secondary N) is 1. The predicted molar refractivity (Wildman–Crippen MR) is 74.2 cm³/mol. The summed E-state index contributed by atoms with van der Waals surface area (Å²) in [5.74, 6) is 1.84. The lowest BCUT2D eigenvalue weighted by Gasteiger charge is -2.39. The fourth-order valence-electron chi connectivity index (χ4n) is 2.49. The van der Waals surface area contributed by atoms with E-state index in [0.717, 1.165) is 17.0 Å². The van der Waals surface area contributed by atoms with E-state index in [4.69, 9.17) is 4.74 Å². The molecular formula is C15H18N2O. The number of methoxy groups -OCH3 is 1. The maximum absolute atomic E-state index is 5.29. The topological polar surface area (TPSA) is 34.1 Å². The van der Waals surface area contributed by atoms with Gasteiger partial charge >= 0.3 is 0 Å². The zero-order chi connectivity index (χ0) is 12.6. The van der Waals surface area contributed by atoms with Crippen LogP contribution >= 0.6 is 0 Å². The van der Waals surface area contributed by atoms with Gasteiger partial charge in [-0.2, -0.15) is 0 Å². The predicted octanol–water partition coefficient (Wildman–Crippen LogP) is 3.60. The number of fused-ring (bicyclic) bond motifs is 1. The Kier molecular flexibility index (Phi) is 2.62. The van der Waals surface area contributed by atoms with Crippen LogP contribution in [-0.4, -0.2) is 17.6 Å². The number of aromatic nitrogens is 1. The fourth-order valence-corrected chi connectivity index (χ4v) is 2.49. The van der Waals surface area contributed by atoms with Crippen LogP contribution in [0.25, 0.3) is 10.8 Å². The molecule has 0 radical (unpaired) electrons. The highest BCUT2D eigenvalue weighted by Gasteiger charge is 2.32. The van der Waals surface area contributed by atoms with Crippen LogP contribution in [0.4, 0.5) is 5.82 Å². The van der Waals surface area contributed by atoms with Gasteiger partial charge in [0.05, 0.1) is 7.11 Å². The molecule has 0 aliphatic heterocycles. The SMILES string of the molecule is COc1ccc2ccnc(NC3(C)CCC3)c2c1. The number of anilines is 1. The molecule has 0 spiro atoms. The Labute approximate surface area is 107 Å². The molecule has 0 unspecified atom stereocenters. The van der Waals surface area contributed by atoms with E-state index in [1.54, 1.807) is 7.11 Å². The van der Waals surface area contributed by atoms with Crippen molar-refractivity contribution in [1.29, 1.82) is 0 Å². The van der Waals surface area contributed by atoms with Crippen molar-refractivity contribution in [2.24, 2.45) is 0 Å². The second kappa shape index (κ2) is 4.16. The van der Waals surface area contributed by atoms with Crippen molar-refractivity contribution in [3.63, 3.8) is 0 Å². The highest BCUT2D eigenvalue weighted by molar-refractivity contribution is 5.93. The first-order valence-corrected chi connectivity index (χ1v) is 6.41. The minimum Gasteiger partial charge on any atom is -0.497 e. The Balaban J connectivity index is 2.04. The minimum absolute atomic E-state index is 0.213. The van der Waals surface area contributed by atoms with Crippen molar-refractivity contribution in [3.8, 4) is 5.75 Å². The maximum atomic E-state index is 5.29.